The molecular weight excluding hydrogens is 100 g/mol. The lowest BCUT2D eigenvalue weighted by atomic mass is 10.0. The lowest BCUT2D eigenvalue weighted by molar-refractivity contribution is 0.421. The Labute approximate surface area is 50.0 Å². The summed E-state index contributed by atoms with van der Waals surface area (Å²) in [4.78, 5) is 4.04. The summed E-state index contributed by atoms with van der Waals surface area (Å²) >= 11 is 0. The second-order valence-electron chi connectivity index (χ2n) is 2.81. The van der Waals surface area contributed by atoms with Crippen molar-refractivity contribution in [1.29, 1.82) is 0 Å². The molecule has 0 spiro atoms. The summed E-state index contributed by atoms with van der Waals surface area (Å²) in [5.41, 5.74) is 0.280. The van der Waals surface area contributed by atoms with E-state index in [0.717, 1.165) is 13.0 Å². The normalized spacial score (nSPS) is 24.8. The van der Waals surface area contributed by atoms with Crippen molar-refractivity contribution in [2.75, 3.05) is 6.54 Å². The van der Waals surface area contributed by atoms with Crippen LogP contribution in [0.1, 0.15) is 20.3 Å². The molecule has 0 aliphatic carbocycles. The molecule has 0 aromatic carbocycles. The molecule has 46 valence electrons. The summed E-state index contributed by atoms with van der Waals surface area (Å²) in [7, 11) is 0. The van der Waals surface area contributed by atoms with Crippen LogP contribution in [0.5, 0.6) is 0 Å². The van der Waals surface area contributed by atoms with Gasteiger partial charge in [-0.1, -0.05) is 0 Å². The zero-order valence-corrected chi connectivity index (χ0v) is 5.44. The van der Waals surface area contributed by atoms with E-state index in [1.165, 1.54) is 0 Å². The molecule has 1 N–H and O–H groups in total. The quantitative estimate of drug-likeness (QED) is 0.492. The van der Waals surface area contributed by atoms with Gasteiger partial charge in [-0.2, -0.15) is 0 Å². The summed E-state index contributed by atoms with van der Waals surface area (Å²) in [6.45, 7) is 5.33. The molecule has 0 aromatic rings. The smallest absolute Gasteiger partial charge is 0.0827 e. The van der Waals surface area contributed by atoms with E-state index in [2.05, 4.69) is 24.2 Å². The van der Waals surface area contributed by atoms with Gasteiger partial charge in [-0.25, -0.2) is 0 Å². The van der Waals surface area contributed by atoms with Crippen molar-refractivity contribution in [2.24, 2.45) is 4.99 Å². The highest BCUT2D eigenvalue weighted by atomic mass is 15.0. The van der Waals surface area contributed by atoms with Crippen LogP contribution < -0.4 is 5.32 Å². The molecule has 0 bridgehead atoms. The Kier molecular flexibility index (Phi) is 1.24. The Morgan fingerprint density at radius 3 is 2.62 bits per heavy atom. The molecule has 0 fully saturated rings. The van der Waals surface area contributed by atoms with Crippen LogP contribution in [0, 0.1) is 0 Å². The number of nitrogens with zero attached hydrogens (tertiary/aromatic N) is 1. The number of rotatable bonds is 0. The summed E-state index contributed by atoms with van der Waals surface area (Å²) < 4.78 is 0. The van der Waals surface area contributed by atoms with Crippen LogP contribution in [0.4, 0.5) is 0 Å². The van der Waals surface area contributed by atoms with Gasteiger partial charge < -0.3 is 5.32 Å². The van der Waals surface area contributed by atoms with Gasteiger partial charge in [0.1, 0.15) is 0 Å². The van der Waals surface area contributed by atoms with Crippen molar-refractivity contribution in [2.45, 2.75) is 25.8 Å². The fourth-order valence-electron chi connectivity index (χ4n) is 0.701. The summed E-state index contributed by atoms with van der Waals surface area (Å²) in [6.07, 6.45) is 2.94. The molecule has 0 amide bonds. The predicted molar refractivity (Wildman–Crippen MR) is 35.2 cm³/mol. The Morgan fingerprint density at radius 2 is 2.38 bits per heavy atom. The van der Waals surface area contributed by atoms with E-state index < -0.39 is 0 Å². The zero-order valence-electron chi connectivity index (χ0n) is 5.44. The predicted octanol–water partition coefficient (Wildman–Crippen LogP) is 0.787. The van der Waals surface area contributed by atoms with Crippen molar-refractivity contribution in [3.8, 4) is 0 Å². The van der Waals surface area contributed by atoms with Crippen LogP contribution >= 0.6 is 0 Å². The first-order chi connectivity index (χ1) is 3.71. The van der Waals surface area contributed by atoms with Gasteiger partial charge in [-0.15, -0.1) is 0 Å². The zero-order chi connectivity index (χ0) is 6.04. The molecule has 1 rings (SSSR count). The van der Waals surface area contributed by atoms with Crippen molar-refractivity contribution < 1.29 is 0 Å². The molecule has 1 aliphatic heterocycles. The highest BCUT2D eigenvalue weighted by molar-refractivity contribution is 5.56. The monoisotopic (exact) mass is 112 g/mol. The van der Waals surface area contributed by atoms with Gasteiger partial charge in [0.25, 0.3) is 0 Å². The van der Waals surface area contributed by atoms with Gasteiger partial charge >= 0.3 is 0 Å². The number of hydrogen-bond acceptors (Lipinski definition) is 2. The third kappa shape index (κ3) is 1.22. The summed E-state index contributed by atoms with van der Waals surface area (Å²) in [5, 5.41) is 3.17. The number of hydrogen-bond donors (Lipinski definition) is 1. The molecule has 1 heterocycles. The lowest BCUT2D eigenvalue weighted by Gasteiger charge is -2.26. The maximum Gasteiger partial charge on any atom is 0.0827 e. The molecule has 0 saturated carbocycles. The Hall–Kier alpha value is -0.530. The fourth-order valence-corrected chi connectivity index (χ4v) is 0.701. The minimum Gasteiger partial charge on any atom is -0.371 e. The van der Waals surface area contributed by atoms with Gasteiger partial charge in [-0.3, -0.25) is 4.99 Å². The lowest BCUT2D eigenvalue weighted by Crippen LogP contribution is -2.41. The highest BCUT2D eigenvalue weighted by Crippen LogP contribution is 2.08. The van der Waals surface area contributed by atoms with E-state index in [9.17, 15) is 0 Å². The number of aliphatic imine (C=N–C) groups is 1. The standard InChI is InChI=1S/C6H12N2/c1-6(2)3-4-7-5-8-6/h5H,3-4H2,1-2H3,(H,7,8). The van der Waals surface area contributed by atoms with E-state index in [0.29, 0.717) is 0 Å². The van der Waals surface area contributed by atoms with Crippen molar-refractivity contribution in [3.63, 3.8) is 0 Å². The molecule has 1 aliphatic rings. The van der Waals surface area contributed by atoms with E-state index in [4.69, 9.17) is 0 Å². The molecular formula is C6H12N2. The Balaban J connectivity index is 2.50. The molecule has 0 saturated heterocycles. The van der Waals surface area contributed by atoms with Crippen molar-refractivity contribution >= 4 is 6.34 Å². The largest absolute Gasteiger partial charge is 0.371 e. The van der Waals surface area contributed by atoms with Crippen LogP contribution in [-0.4, -0.2) is 18.4 Å². The van der Waals surface area contributed by atoms with E-state index in [1.54, 1.807) is 6.34 Å². The summed E-state index contributed by atoms with van der Waals surface area (Å²) in [5.74, 6) is 0. The third-order valence-electron chi connectivity index (χ3n) is 1.41. The Bertz CT molecular complexity index is 105. The van der Waals surface area contributed by atoms with Gasteiger partial charge in [0, 0.05) is 12.1 Å². The van der Waals surface area contributed by atoms with Gasteiger partial charge in [0.15, 0.2) is 0 Å². The maximum atomic E-state index is 4.04. The maximum absolute atomic E-state index is 4.04. The van der Waals surface area contributed by atoms with Crippen LogP contribution in [0.25, 0.3) is 0 Å². The fraction of sp³-hybridized carbons (Fsp3) is 0.833. The van der Waals surface area contributed by atoms with Crippen molar-refractivity contribution in [3.05, 3.63) is 0 Å². The first-order valence-electron chi connectivity index (χ1n) is 2.97. The second-order valence-corrected chi connectivity index (χ2v) is 2.81. The molecule has 0 unspecified atom stereocenters. The Morgan fingerprint density at radius 1 is 1.62 bits per heavy atom. The van der Waals surface area contributed by atoms with E-state index in [1.807, 2.05) is 0 Å². The SMILES string of the molecule is CC1(C)CCN=CN1. The average molecular weight is 112 g/mol. The topological polar surface area (TPSA) is 24.4 Å². The van der Waals surface area contributed by atoms with Crippen LogP contribution in [0.15, 0.2) is 4.99 Å². The highest BCUT2D eigenvalue weighted by Gasteiger charge is 2.16. The molecule has 0 radical (unpaired) electrons. The average Bonchev–Trinajstić information content (AvgIpc) is 1.65. The van der Waals surface area contributed by atoms with E-state index >= 15 is 0 Å². The van der Waals surface area contributed by atoms with Crippen LogP contribution in [0.2, 0.25) is 0 Å². The third-order valence-corrected chi connectivity index (χ3v) is 1.41. The molecule has 2 heteroatoms. The second kappa shape index (κ2) is 1.77. The van der Waals surface area contributed by atoms with Crippen LogP contribution in [-0.2, 0) is 0 Å². The molecule has 0 atom stereocenters. The van der Waals surface area contributed by atoms with Crippen LogP contribution in [0.3, 0.4) is 0 Å². The first-order valence-corrected chi connectivity index (χ1v) is 2.97. The first kappa shape index (κ1) is 5.60. The number of nitrogens with one attached hydrogen (secondary N) is 1. The van der Waals surface area contributed by atoms with E-state index in [-0.39, 0.29) is 5.54 Å². The molecule has 8 heavy (non-hydrogen) atoms. The van der Waals surface area contributed by atoms with Gasteiger partial charge in [-0.05, 0) is 20.3 Å². The molecule has 0 aromatic heterocycles. The van der Waals surface area contributed by atoms with Gasteiger partial charge in [0.2, 0.25) is 0 Å². The summed E-state index contributed by atoms with van der Waals surface area (Å²) in [6, 6.07) is 0. The van der Waals surface area contributed by atoms with Crippen molar-refractivity contribution in [1.82, 2.24) is 5.32 Å². The minimum absolute atomic E-state index is 0.280. The molecule has 2 nitrogen and oxygen atoms in total. The van der Waals surface area contributed by atoms with Gasteiger partial charge in [0.05, 0.1) is 6.34 Å². The minimum atomic E-state index is 0.280.